The predicted molar refractivity (Wildman–Crippen MR) is 70.6 cm³/mol. The fraction of sp³-hybridized carbons (Fsp3) is 0.273. The summed E-state index contributed by atoms with van der Waals surface area (Å²) in [5.74, 6) is 0.468. The molecule has 0 fully saturated rings. The van der Waals surface area contributed by atoms with Crippen LogP contribution in [0.4, 0.5) is 5.88 Å². The zero-order valence-corrected chi connectivity index (χ0v) is 11.8. The van der Waals surface area contributed by atoms with Gasteiger partial charge in [0, 0.05) is 6.07 Å². The van der Waals surface area contributed by atoms with E-state index in [0.29, 0.717) is 10.8 Å². The summed E-state index contributed by atoms with van der Waals surface area (Å²) in [6.45, 7) is 4.03. The summed E-state index contributed by atoms with van der Waals surface area (Å²) in [7, 11) is 0. The molecule has 0 aromatic carbocycles. The van der Waals surface area contributed by atoms with Crippen LogP contribution in [0.15, 0.2) is 26.5 Å². The molecule has 4 nitrogen and oxygen atoms in total. The van der Waals surface area contributed by atoms with E-state index in [9.17, 15) is 4.79 Å². The van der Waals surface area contributed by atoms with Gasteiger partial charge in [0.1, 0.15) is 0 Å². The molecule has 0 spiro atoms. The molecule has 0 radical (unpaired) electrons. The molecule has 1 N–H and O–H groups in total. The van der Waals surface area contributed by atoms with Crippen molar-refractivity contribution in [3.63, 3.8) is 0 Å². The van der Waals surface area contributed by atoms with E-state index in [0.717, 1.165) is 9.48 Å². The van der Waals surface area contributed by atoms with Crippen molar-refractivity contribution in [3.8, 4) is 0 Å². The van der Waals surface area contributed by atoms with Gasteiger partial charge in [0.2, 0.25) is 5.88 Å². The monoisotopic (exact) mass is 314 g/mol. The van der Waals surface area contributed by atoms with Crippen LogP contribution in [0.3, 0.4) is 0 Å². The van der Waals surface area contributed by atoms with Crippen molar-refractivity contribution in [2.24, 2.45) is 0 Å². The Labute approximate surface area is 111 Å². The average Bonchev–Trinajstić information content (AvgIpc) is 2.86. The zero-order valence-electron chi connectivity index (χ0n) is 9.36. The average molecular weight is 315 g/mol. The highest BCUT2D eigenvalue weighted by atomic mass is 79.9. The number of carbonyl (C=O) groups is 1. The molecule has 2 heterocycles. The minimum atomic E-state index is -0.188. The van der Waals surface area contributed by atoms with Crippen LogP contribution in [-0.2, 0) is 0 Å². The van der Waals surface area contributed by atoms with Crippen LogP contribution in [-0.4, -0.2) is 11.1 Å². The van der Waals surface area contributed by atoms with Crippen molar-refractivity contribution >= 4 is 39.1 Å². The molecule has 0 aliphatic rings. The Morgan fingerprint density at radius 2 is 2.29 bits per heavy atom. The van der Waals surface area contributed by atoms with Crippen molar-refractivity contribution in [2.75, 3.05) is 5.32 Å². The van der Waals surface area contributed by atoms with Crippen molar-refractivity contribution in [1.82, 2.24) is 5.16 Å². The summed E-state index contributed by atoms with van der Waals surface area (Å²) in [6.07, 6.45) is 0. The number of nitrogens with one attached hydrogen (secondary N) is 1. The Balaban J connectivity index is 2.07. The van der Waals surface area contributed by atoms with Crippen LogP contribution in [0, 0.1) is 0 Å². The number of nitrogens with zero attached hydrogens (tertiary/aromatic N) is 1. The van der Waals surface area contributed by atoms with Crippen LogP contribution >= 0.6 is 27.3 Å². The number of hydrogen-bond acceptors (Lipinski definition) is 4. The van der Waals surface area contributed by atoms with E-state index in [-0.39, 0.29) is 11.8 Å². The maximum absolute atomic E-state index is 11.8. The first-order chi connectivity index (χ1) is 8.06. The zero-order chi connectivity index (χ0) is 12.4. The van der Waals surface area contributed by atoms with Crippen LogP contribution in [0.5, 0.6) is 0 Å². The normalized spacial score (nSPS) is 10.8. The lowest BCUT2D eigenvalue weighted by Crippen LogP contribution is -2.09. The molecular formula is C11H11BrN2O2S. The molecule has 2 aromatic heterocycles. The Morgan fingerprint density at radius 3 is 2.82 bits per heavy atom. The second-order valence-corrected chi connectivity index (χ2v) is 6.29. The molecule has 1 amide bonds. The SMILES string of the molecule is CC(C)c1cc(NC(=O)c2ccc(Br)s2)on1. The minimum absolute atomic E-state index is 0.188. The summed E-state index contributed by atoms with van der Waals surface area (Å²) in [6, 6.07) is 5.33. The smallest absolute Gasteiger partial charge is 0.268 e. The summed E-state index contributed by atoms with van der Waals surface area (Å²) in [5.41, 5.74) is 0.827. The van der Waals surface area contributed by atoms with Gasteiger partial charge >= 0.3 is 0 Å². The molecule has 90 valence electrons. The number of aromatic nitrogens is 1. The van der Waals surface area contributed by atoms with Crippen molar-refractivity contribution in [1.29, 1.82) is 0 Å². The van der Waals surface area contributed by atoms with Gasteiger partial charge in [0.25, 0.3) is 5.91 Å². The van der Waals surface area contributed by atoms with E-state index in [2.05, 4.69) is 26.4 Å². The third kappa shape index (κ3) is 2.95. The molecular weight excluding hydrogens is 304 g/mol. The largest absolute Gasteiger partial charge is 0.338 e. The van der Waals surface area contributed by atoms with Crippen molar-refractivity contribution in [2.45, 2.75) is 19.8 Å². The number of halogens is 1. The standard InChI is InChI=1S/C11H11BrN2O2S/c1-6(2)7-5-10(16-14-7)13-11(15)8-3-4-9(12)17-8/h3-6H,1-2H3,(H,13,15). The maximum Gasteiger partial charge on any atom is 0.268 e. The third-order valence-electron chi connectivity index (χ3n) is 2.15. The Bertz CT molecular complexity index is 533. The molecule has 0 aliphatic carbocycles. The quantitative estimate of drug-likeness (QED) is 0.935. The number of thiophene rings is 1. The van der Waals surface area contributed by atoms with E-state index >= 15 is 0 Å². The lowest BCUT2D eigenvalue weighted by atomic mass is 10.1. The number of hydrogen-bond donors (Lipinski definition) is 1. The fourth-order valence-corrected chi connectivity index (χ4v) is 2.51. The molecule has 0 aliphatic heterocycles. The van der Waals surface area contributed by atoms with Gasteiger partial charge in [0.15, 0.2) is 0 Å². The lowest BCUT2D eigenvalue weighted by Gasteiger charge is -1.96. The molecule has 0 bridgehead atoms. The van der Waals surface area contributed by atoms with Gasteiger partial charge < -0.3 is 4.52 Å². The summed E-state index contributed by atoms with van der Waals surface area (Å²) >= 11 is 4.68. The van der Waals surface area contributed by atoms with Gasteiger partial charge in [0.05, 0.1) is 14.4 Å². The first kappa shape index (κ1) is 12.3. The first-order valence-corrected chi connectivity index (χ1v) is 6.70. The molecule has 2 rings (SSSR count). The number of rotatable bonds is 3. The molecule has 17 heavy (non-hydrogen) atoms. The summed E-state index contributed by atoms with van der Waals surface area (Å²) < 4.78 is 5.96. The lowest BCUT2D eigenvalue weighted by molar-refractivity contribution is 0.102. The highest BCUT2D eigenvalue weighted by Gasteiger charge is 2.13. The predicted octanol–water partition coefficient (Wildman–Crippen LogP) is 3.87. The Kier molecular flexibility index (Phi) is 3.63. The van der Waals surface area contributed by atoms with E-state index in [1.165, 1.54) is 11.3 Å². The molecule has 0 saturated carbocycles. The first-order valence-electron chi connectivity index (χ1n) is 5.09. The van der Waals surface area contributed by atoms with Gasteiger partial charge in [-0.2, -0.15) is 0 Å². The van der Waals surface area contributed by atoms with Crippen molar-refractivity contribution < 1.29 is 9.32 Å². The van der Waals surface area contributed by atoms with Gasteiger partial charge in [-0.05, 0) is 34.0 Å². The molecule has 0 atom stereocenters. The number of amides is 1. The molecule has 2 aromatic rings. The summed E-state index contributed by atoms with van der Waals surface area (Å²) in [5, 5.41) is 6.54. The van der Waals surface area contributed by atoms with Gasteiger partial charge in [-0.25, -0.2) is 0 Å². The van der Waals surface area contributed by atoms with Gasteiger partial charge in [-0.15, -0.1) is 11.3 Å². The van der Waals surface area contributed by atoms with E-state index in [1.54, 1.807) is 12.1 Å². The summed E-state index contributed by atoms with van der Waals surface area (Å²) in [4.78, 5) is 12.4. The van der Waals surface area contributed by atoms with E-state index < -0.39 is 0 Å². The van der Waals surface area contributed by atoms with E-state index in [1.807, 2.05) is 19.9 Å². The maximum atomic E-state index is 11.8. The second-order valence-electron chi connectivity index (χ2n) is 3.83. The topological polar surface area (TPSA) is 55.1 Å². The molecule has 0 saturated heterocycles. The Hall–Kier alpha value is -1.14. The second kappa shape index (κ2) is 5.01. The van der Waals surface area contributed by atoms with Crippen LogP contribution < -0.4 is 5.32 Å². The third-order valence-corrected chi connectivity index (χ3v) is 3.78. The minimum Gasteiger partial charge on any atom is -0.338 e. The number of anilines is 1. The van der Waals surface area contributed by atoms with Gasteiger partial charge in [-0.3, -0.25) is 10.1 Å². The highest BCUT2D eigenvalue weighted by Crippen LogP contribution is 2.23. The van der Waals surface area contributed by atoms with E-state index in [4.69, 9.17) is 4.52 Å². The van der Waals surface area contributed by atoms with Gasteiger partial charge in [-0.1, -0.05) is 19.0 Å². The fourth-order valence-electron chi connectivity index (χ4n) is 1.23. The van der Waals surface area contributed by atoms with Crippen LogP contribution in [0.25, 0.3) is 0 Å². The highest BCUT2D eigenvalue weighted by molar-refractivity contribution is 9.11. The number of carbonyl (C=O) groups excluding carboxylic acids is 1. The van der Waals surface area contributed by atoms with Crippen LogP contribution in [0.1, 0.15) is 35.1 Å². The van der Waals surface area contributed by atoms with Crippen LogP contribution in [0.2, 0.25) is 0 Å². The molecule has 0 unspecified atom stereocenters. The Morgan fingerprint density at radius 1 is 1.53 bits per heavy atom. The molecule has 6 heteroatoms. The van der Waals surface area contributed by atoms with Crippen molar-refractivity contribution in [3.05, 3.63) is 32.6 Å².